The summed E-state index contributed by atoms with van der Waals surface area (Å²) in [5.41, 5.74) is 3.06. The van der Waals surface area contributed by atoms with Crippen molar-refractivity contribution in [2.75, 3.05) is 11.1 Å². The minimum atomic E-state index is -0.167. The van der Waals surface area contributed by atoms with Crippen LogP contribution in [0.4, 0.5) is 5.00 Å². The molecule has 7 nitrogen and oxygen atoms in total. The van der Waals surface area contributed by atoms with Crippen molar-refractivity contribution in [1.82, 2.24) is 14.8 Å². The number of carbonyl (C=O) groups excluding carboxylic acids is 1. The van der Waals surface area contributed by atoms with Crippen molar-refractivity contribution >= 4 is 34.0 Å². The number of benzene rings is 1. The Balaban J connectivity index is 1.38. The number of hydrogen-bond acceptors (Lipinski definition) is 7. The first-order valence-corrected chi connectivity index (χ1v) is 13.8. The van der Waals surface area contributed by atoms with Gasteiger partial charge in [0.1, 0.15) is 23.4 Å². The number of rotatable bonds is 9. The molecule has 0 atom stereocenters. The number of thioether (sulfide) groups is 1. The molecule has 188 valence electrons. The maximum atomic E-state index is 12.7. The summed E-state index contributed by atoms with van der Waals surface area (Å²) in [6.45, 7) is 11.1. The van der Waals surface area contributed by atoms with Crippen LogP contribution in [0.1, 0.15) is 61.0 Å². The van der Waals surface area contributed by atoms with Crippen molar-refractivity contribution in [3.8, 4) is 11.8 Å². The second kappa shape index (κ2) is 11.3. The first-order valence-electron chi connectivity index (χ1n) is 12.0. The topological polar surface area (TPSA) is 92.8 Å². The van der Waals surface area contributed by atoms with Crippen LogP contribution in [0.25, 0.3) is 0 Å². The lowest BCUT2D eigenvalue weighted by Gasteiger charge is -2.19. The van der Waals surface area contributed by atoms with Crippen LogP contribution in [0.3, 0.4) is 0 Å². The molecule has 0 saturated heterocycles. The van der Waals surface area contributed by atoms with Gasteiger partial charge < -0.3 is 10.1 Å². The van der Waals surface area contributed by atoms with Crippen LogP contribution in [0.15, 0.2) is 42.1 Å². The normalized spacial score (nSPS) is 13.1. The van der Waals surface area contributed by atoms with Crippen molar-refractivity contribution in [3.05, 3.63) is 64.3 Å². The van der Waals surface area contributed by atoms with Gasteiger partial charge in [0.25, 0.3) is 0 Å². The third-order valence-electron chi connectivity index (χ3n) is 6.06. The number of nitriles is 1. The van der Waals surface area contributed by atoms with Crippen LogP contribution in [0, 0.1) is 11.3 Å². The number of hydrogen-bond donors (Lipinski definition) is 1. The van der Waals surface area contributed by atoms with Gasteiger partial charge in [-0.1, -0.05) is 50.7 Å². The van der Waals surface area contributed by atoms with Gasteiger partial charge in [0.15, 0.2) is 11.0 Å². The number of carbonyl (C=O) groups is 1. The predicted octanol–water partition coefficient (Wildman–Crippen LogP) is 5.88. The Kier molecular flexibility index (Phi) is 8.17. The summed E-state index contributed by atoms with van der Waals surface area (Å²) in [4.78, 5) is 13.9. The highest BCUT2D eigenvalue weighted by Gasteiger charge is 2.22. The van der Waals surface area contributed by atoms with E-state index in [1.54, 1.807) is 6.08 Å². The van der Waals surface area contributed by atoms with Crippen LogP contribution in [-0.2, 0) is 36.2 Å². The molecule has 3 aromatic rings. The number of ether oxygens (including phenoxy) is 1. The van der Waals surface area contributed by atoms with E-state index in [9.17, 15) is 10.1 Å². The summed E-state index contributed by atoms with van der Waals surface area (Å²) in [6.07, 6.45) is 5.89. The van der Waals surface area contributed by atoms with Gasteiger partial charge in [0.2, 0.25) is 5.91 Å². The van der Waals surface area contributed by atoms with E-state index in [1.165, 1.54) is 33.5 Å². The Hall–Kier alpha value is -3.09. The third kappa shape index (κ3) is 6.00. The first kappa shape index (κ1) is 26.0. The summed E-state index contributed by atoms with van der Waals surface area (Å²) in [5, 5.41) is 22.4. The predicted molar refractivity (Wildman–Crippen MR) is 145 cm³/mol. The molecular formula is C27H31N5O2S2. The summed E-state index contributed by atoms with van der Waals surface area (Å²) >= 11 is 2.84. The second-order valence-corrected chi connectivity index (χ2v) is 11.8. The van der Waals surface area contributed by atoms with Crippen molar-refractivity contribution in [3.63, 3.8) is 0 Å². The van der Waals surface area contributed by atoms with Gasteiger partial charge in [-0.15, -0.1) is 28.1 Å². The monoisotopic (exact) mass is 521 g/mol. The smallest absolute Gasteiger partial charge is 0.235 e. The molecule has 0 aliphatic heterocycles. The van der Waals surface area contributed by atoms with Crippen LogP contribution in [0.2, 0.25) is 0 Å². The SMILES string of the molecule is C=CCn1c(COc2ccc(C(C)(C)C)cc2)nnc1SCC(=O)Nc1sc2c(c1C#N)CCCC2. The van der Waals surface area contributed by atoms with Crippen molar-refractivity contribution in [1.29, 1.82) is 5.26 Å². The zero-order chi connectivity index (χ0) is 25.7. The van der Waals surface area contributed by atoms with E-state index in [2.05, 4.69) is 61.1 Å². The Morgan fingerprint density at radius 3 is 2.72 bits per heavy atom. The molecule has 9 heteroatoms. The maximum Gasteiger partial charge on any atom is 0.235 e. The molecule has 1 amide bonds. The molecule has 0 radical (unpaired) electrons. The quantitative estimate of drug-likeness (QED) is 0.279. The molecule has 4 rings (SSSR count). The molecule has 2 aromatic heterocycles. The van der Waals surface area contributed by atoms with Gasteiger partial charge >= 0.3 is 0 Å². The molecule has 0 fully saturated rings. The molecule has 2 heterocycles. The molecular weight excluding hydrogens is 490 g/mol. The number of allylic oxidation sites excluding steroid dienone is 1. The molecule has 0 unspecified atom stereocenters. The standard InChI is InChI=1S/C27H31N5O2S2/c1-5-14-32-23(16-34-19-12-10-18(11-13-19)27(2,3)4)30-31-26(32)35-17-24(33)29-25-21(15-28)20-8-6-7-9-22(20)36-25/h5,10-13H,1,6-9,14,16-17H2,2-4H3,(H,29,33). The van der Waals surface area contributed by atoms with E-state index in [-0.39, 0.29) is 23.7 Å². The van der Waals surface area contributed by atoms with E-state index in [0.29, 0.717) is 28.1 Å². The van der Waals surface area contributed by atoms with Gasteiger partial charge in [-0.25, -0.2) is 0 Å². The number of nitrogens with one attached hydrogen (secondary N) is 1. The molecule has 36 heavy (non-hydrogen) atoms. The average molecular weight is 522 g/mol. The van der Waals surface area contributed by atoms with E-state index >= 15 is 0 Å². The minimum Gasteiger partial charge on any atom is -0.486 e. The molecule has 1 aromatic carbocycles. The lowest BCUT2D eigenvalue weighted by molar-refractivity contribution is -0.113. The van der Waals surface area contributed by atoms with E-state index < -0.39 is 0 Å². The molecule has 1 aliphatic rings. The van der Waals surface area contributed by atoms with Gasteiger partial charge in [-0.2, -0.15) is 5.26 Å². The van der Waals surface area contributed by atoms with Crippen LogP contribution < -0.4 is 10.1 Å². The Labute approximate surface area is 220 Å². The number of aryl methyl sites for hydroxylation is 1. The largest absolute Gasteiger partial charge is 0.486 e. The summed E-state index contributed by atoms with van der Waals surface area (Å²) in [7, 11) is 0. The highest BCUT2D eigenvalue weighted by Crippen LogP contribution is 2.37. The molecule has 1 aliphatic carbocycles. The zero-order valence-electron chi connectivity index (χ0n) is 21.0. The molecule has 0 spiro atoms. The van der Waals surface area contributed by atoms with E-state index in [0.717, 1.165) is 37.0 Å². The van der Waals surface area contributed by atoms with E-state index in [4.69, 9.17) is 4.74 Å². The Morgan fingerprint density at radius 2 is 2.03 bits per heavy atom. The summed E-state index contributed by atoms with van der Waals surface area (Å²) in [5.74, 6) is 1.42. The van der Waals surface area contributed by atoms with Gasteiger partial charge in [-0.3, -0.25) is 9.36 Å². The third-order valence-corrected chi connectivity index (χ3v) is 8.24. The van der Waals surface area contributed by atoms with Crippen LogP contribution in [0.5, 0.6) is 5.75 Å². The Bertz CT molecular complexity index is 1280. The number of anilines is 1. The number of aromatic nitrogens is 3. The van der Waals surface area contributed by atoms with Crippen molar-refractivity contribution in [2.45, 2.75) is 70.2 Å². The summed E-state index contributed by atoms with van der Waals surface area (Å²) < 4.78 is 7.86. The highest BCUT2D eigenvalue weighted by atomic mass is 32.2. The first-order chi connectivity index (χ1) is 17.3. The van der Waals surface area contributed by atoms with Gasteiger partial charge in [-0.05, 0) is 54.4 Å². The molecule has 0 bridgehead atoms. The van der Waals surface area contributed by atoms with Crippen molar-refractivity contribution < 1.29 is 9.53 Å². The fraction of sp³-hybridized carbons (Fsp3) is 0.407. The van der Waals surface area contributed by atoms with E-state index in [1.807, 2.05) is 16.7 Å². The van der Waals surface area contributed by atoms with Crippen molar-refractivity contribution in [2.24, 2.45) is 0 Å². The molecule has 1 N–H and O–H groups in total. The summed E-state index contributed by atoms with van der Waals surface area (Å²) in [6, 6.07) is 10.4. The fourth-order valence-corrected chi connectivity index (χ4v) is 6.13. The van der Waals surface area contributed by atoms with Crippen LogP contribution >= 0.6 is 23.1 Å². The zero-order valence-corrected chi connectivity index (χ0v) is 22.6. The number of amides is 1. The lowest BCUT2D eigenvalue weighted by Crippen LogP contribution is -2.15. The fourth-order valence-electron chi connectivity index (χ4n) is 4.11. The Morgan fingerprint density at radius 1 is 1.28 bits per heavy atom. The van der Waals surface area contributed by atoms with Crippen LogP contribution in [-0.4, -0.2) is 26.4 Å². The number of fused-ring (bicyclic) bond motifs is 1. The maximum absolute atomic E-state index is 12.7. The lowest BCUT2D eigenvalue weighted by atomic mass is 9.87. The highest BCUT2D eigenvalue weighted by molar-refractivity contribution is 7.99. The number of thiophene rings is 1. The van der Waals surface area contributed by atoms with Gasteiger partial charge in [0.05, 0.1) is 11.3 Å². The second-order valence-electron chi connectivity index (χ2n) is 9.72. The minimum absolute atomic E-state index is 0.0835. The van der Waals surface area contributed by atoms with Gasteiger partial charge in [0, 0.05) is 11.4 Å². The average Bonchev–Trinajstić information content (AvgIpc) is 3.41. The molecule has 0 saturated carbocycles. The number of nitrogens with zero attached hydrogens (tertiary/aromatic N) is 4.